The molecule has 0 bridgehead atoms. The number of para-hydroxylation sites is 3. The molecular formula is C18H19N3O3. The maximum absolute atomic E-state index is 12.1. The highest BCUT2D eigenvalue weighted by Gasteiger charge is 2.08. The summed E-state index contributed by atoms with van der Waals surface area (Å²) in [6.07, 6.45) is 2.61. The lowest BCUT2D eigenvalue weighted by Crippen LogP contribution is -2.20. The van der Waals surface area contributed by atoms with E-state index in [0.717, 1.165) is 0 Å². The first-order valence-corrected chi connectivity index (χ1v) is 7.50. The minimum atomic E-state index is -0.396. The van der Waals surface area contributed by atoms with Gasteiger partial charge in [0.2, 0.25) is 0 Å². The molecule has 0 aliphatic heterocycles. The molecule has 0 atom stereocenters. The van der Waals surface area contributed by atoms with Crippen molar-refractivity contribution < 1.29 is 14.3 Å². The van der Waals surface area contributed by atoms with Gasteiger partial charge in [0.1, 0.15) is 0 Å². The minimum Gasteiger partial charge on any atom is -0.501 e. The van der Waals surface area contributed by atoms with E-state index in [4.69, 9.17) is 4.74 Å². The predicted octanol–water partition coefficient (Wildman–Crippen LogP) is 3.82. The zero-order chi connectivity index (χ0) is 17.2. The number of rotatable bonds is 6. The second-order valence-electron chi connectivity index (χ2n) is 4.74. The quantitative estimate of drug-likeness (QED) is 0.558. The normalized spacial score (nSPS) is 10.2. The molecule has 0 spiro atoms. The number of urea groups is 1. The summed E-state index contributed by atoms with van der Waals surface area (Å²) in [7, 11) is 0. The van der Waals surface area contributed by atoms with Gasteiger partial charge in [-0.1, -0.05) is 30.3 Å². The van der Waals surface area contributed by atoms with Crippen molar-refractivity contribution in [3.8, 4) is 0 Å². The van der Waals surface area contributed by atoms with Crippen molar-refractivity contribution in [2.24, 2.45) is 0 Å². The molecule has 2 aromatic rings. The summed E-state index contributed by atoms with van der Waals surface area (Å²) in [5, 5.41) is 8.12. The number of carbonyl (C=O) groups is 2. The van der Waals surface area contributed by atoms with Crippen molar-refractivity contribution in [2.45, 2.75) is 6.92 Å². The summed E-state index contributed by atoms with van der Waals surface area (Å²) >= 11 is 0. The topological polar surface area (TPSA) is 79.5 Å². The van der Waals surface area contributed by atoms with Gasteiger partial charge < -0.3 is 20.7 Å². The number of anilines is 3. The molecule has 0 fully saturated rings. The zero-order valence-electron chi connectivity index (χ0n) is 13.3. The molecule has 0 unspecified atom stereocenters. The molecule has 0 heterocycles. The molecule has 0 aliphatic rings. The standard InChI is InChI=1S/C18H19N3O3/c1-2-24-13-12-17(22)20-15-10-6-7-11-16(15)21-18(23)19-14-8-4-3-5-9-14/h3-13H,2H2,1H3,(H,20,22)(H2,19,21,23)/b13-12+. The second-order valence-corrected chi connectivity index (χ2v) is 4.74. The summed E-state index contributed by atoms with van der Waals surface area (Å²) < 4.78 is 4.98. The first kappa shape index (κ1) is 17.1. The predicted molar refractivity (Wildman–Crippen MR) is 94.9 cm³/mol. The Kier molecular flexibility index (Phi) is 6.40. The molecule has 6 nitrogen and oxygen atoms in total. The van der Waals surface area contributed by atoms with Gasteiger partial charge in [0.25, 0.3) is 5.91 Å². The van der Waals surface area contributed by atoms with E-state index in [1.54, 1.807) is 36.4 Å². The lowest BCUT2D eigenvalue weighted by Gasteiger charge is -2.12. The van der Waals surface area contributed by atoms with Gasteiger partial charge in [-0.2, -0.15) is 0 Å². The summed E-state index contributed by atoms with van der Waals surface area (Å²) in [6, 6.07) is 15.6. The van der Waals surface area contributed by atoms with Gasteiger partial charge >= 0.3 is 6.03 Å². The number of carbonyl (C=O) groups excluding carboxylic acids is 2. The van der Waals surface area contributed by atoms with Gasteiger partial charge in [0.15, 0.2) is 0 Å². The average molecular weight is 325 g/mol. The van der Waals surface area contributed by atoms with Crippen LogP contribution in [0.3, 0.4) is 0 Å². The molecule has 3 N–H and O–H groups in total. The lowest BCUT2D eigenvalue weighted by atomic mass is 10.2. The number of ether oxygens (including phenoxy) is 1. The van der Waals surface area contributed by atoms with Crippen LogP contribution >= 0.6 is 0 Å². The fourth-order valence-corrected chi connectivity index (χ4v) is 1.89. The van der Waals surface area contributed by atoms with E-state index in [0.29, 0.717) is 23.7 Å². The van der Waals surface area contributed by atoms with Crippen LogP contribution in [0.2, 0.25) is 0 Å². The van der Waals surface area contributed by atoms with Crippen LogP contribution in [0.4, 0.5) is 21.9 Å². The van der Waals surface area contributed by atoms with Crippen molar-refractivity contribution in [1.82, 2.24) is 0 Å². The number of amides is 3. The van der Waals surface area contributed by atoms with E-state index in [1.807, 2.05) is 25.1 Å². The SMILES string of the molecule is CCO/C=C/C(=O)Nc1ccccc1NC(=O)Nc1ccccc1. The number of hydrogen-bond acceptors (Lipinski definition) is 3. The van der Waals surface area contributed by atoms with E-state index < -0.39 is 6.03 Å². The smallest absolute Gasteiger partial charge is 0.323 e. The van der Waals surface area contributed by atoms with Gasteiger partial charge in [0.05, 0.1) is 24.2 Å². The van der Waals surface area contributed by atoms with E-state index in [1.165, 1.54) is 12.3 Å². The third-order valence-electron chi connectivity index (χ3n) is 2.95. The highest BCUT2D eigenvalue weighted by Crippen LogP contribution is 2.21. The largest absolute Gasteiger partial charge is 0.501 e. The number of hydrogen-bond donors (Lipinski definition) is 3. The van der Waals surface area contributed by atoms with Crippen molar-refractivity contribution >= 4 is 29.0 Å². The number of nitrogens with one attached hydrogen (secondary N) is 3. The monoisotopic (exact) mass is 325 g/mol. The first-order chi connectivity index (χ1) is 11.7. The molecule has 0 radical (unpaired) electrons. The van der Waals surface area contributed by atoms with Crippen LogP contribution in [0.5, 0.6) is 0 Å². The van der Waals surface area contributed by atoms with E-state index in [-0.39, 0.29) is 5.91 Å². The Hall–Kier alpha value is -3.28. The molecule has 24 heavy (non-hydrogen) atoms. The van der Waals surface area contributed by atoms with Gasteiger partial charge in [-0.05, 0) is 31.2 Å². The molecule has 3 amide bonds. The highest BCUT2D eigenvalue weighted by molar-refractivity contribution is 6.05. The Bertz CT molecular complexity index is 714. The third kappa shape index (κ3) is 5.49. The van der Waals surface area contributed by atoms with E-state index in [2.05, 4.69) is 16.0 Å². The Labute approximate surface area is 140 Å². The van der Waals surface area contributed by atoms with Crippen molar-refractivity contribution in [3.63, 3.8) is 0 Å². The maximum atomic E-state index is 12.1. The van der Waals surface area contributed by atoms with Crippen LogP contribution in [0, 0.1) is 0 Å². The van der Waals surface area contributed by atoms with Gasteiger partial charge in [-0.25, -0.2) is 4.79 Å². The molecule has 6 heteroatoms. The highest BCUT2D eigenvalue weighted by atomic mass is 16.5. The Morgan fingerprint density at radius 1 is 0.917 bits per heavy atom. The second kappa shape index (κ2) is 8.99. The minimum absolute atomic E-state index is 0.346. The maximum Gasteiger partial charge on any atom is 0.323 e. The average Bonchev–Trinajstić information content (AvgIpc) is 2.58. The van der Waals surface area contributed by atoms with Crippen molar-refractivity contribution in [3.05, 3.63) is 66.9 Å². The molecule has 124 valence electrons. The van der Waals surface area contributed by atoms with Crippen LogP contribution in [0.1, 0.15) is 6.92 Å². The summed E-state index contributed by atoms with van der Waals surface area (Å²) in [4.78, 5) is 23.9. The van der Waals surface area contributed by atoms with Crippen molar-refractivity contribution in [2.75, 3.05) is 22.6 Å². The van der Waals surface area contributed by atoms with Crippen LogP contribution in [0.25, 0.3) is 0 Å². The van der Waals surface area contributed by atoms with Crippen LogP contribution in [0.15, 0.2) is 66.9 Å². The summed E-state index contributed by atoms with van der Waals surface area (Å²) in [5.74, 6) is -0.346. The Morgan fingerprint density at radius 3 is 2.21 bits per heavy atom. The van der Waals surface area contributed by atoms with E-state index in [9.17, 15) is 9.59 Å². The molecule has 0 saturated heterocycles. The summed E-state index contributed by atoms with van der Waals surface area (Å²) in [6.45, 7) is 2.31. The Morgan fingerprint density at radius 2 is 1.54 bits per heavy atom. The molecular weight excluding hydrogens is 306 g/mol. The van der Waals surface area contributed by atoms with Crippen LogP contribution < -0.4 is 16.0 Å². The first-order valence-electron chi connectivity index (χ1n) is 7.50. The van der Waals surface area contributed by atoms with Gasteiger partial charge in [-0.15, -0.1) is 0 Å². The zero-order valence-corrected chi connectivity index (χ0v) is 13.3. The van der Waals surface area contributed by atoms with Gasteiger partial charge in [0, 0.05) is 11.8 Å². The molecule has 2 rings (SSSR count). The molecule has 0 aliphatic carbocycles. The third-order valence-corrected chi connectivity index (χ3v) is 2.95. The number of benzene rings is 2. The molecule has 0 saturated carbocycles. The van der Waals surface area contributed by atoms with E-state index >= 15 is 0 Å². The molecule has 0 aromatic heterocycles. The van der Waals surface area contributed by atoms with Crippen LogP contribution in [-0.2, 0) is 9.53 Å². The Balaban J connectivity index is 2.00. The fourth-order valence-electron chi connectivity index (χ4n) is 1.89. The lowest BCUT2D eigenvalue weighted by molar-refractivity contribution is -0.112. The summed E-state index contributed by atoms with van der Waals surface area (Å²) in [5.41, 5.74) is 1.66. The van der Waals surface area contributed by atoms with Gasteiger partial charge in [-0.3, -0.25) is 4.79 Å². The molecule has 2 aromatic carbocycles. The fraction of sp³-hybridized carbons (Fsp3) is 0.111. The van der Waals surface area contributed by atoms with Crippen LogP contribution in [-0.4, -0.2) is 18.5 Å². The van der Waals surface area contributed by atoms with Crippen molar-refractivity contribution in [1.29, 1.82) is 0 Å².